The van der Waals surface area contributed by atoms with E-state index < -0.39 is 0 Å². The summed E-state index contributed by atoms with van der Waals surface area (Å²) >= 11 is 6.12. The van der Waals surface area contributed by atoms with E-state index in [0.29, 0.717) is 17.2 Å². The first kappa shape index (κ1) is 12.0. The van der Waals surface area contributed by atoms with Crippen LogP contribution >= 0.6 is 11.6 Å². The van der Waals surface area contributed by atoms with Gasteiger partial charge in [0.15, 0.2) is 0 Å². The molecule has 0 amide bonds. The second-order valence-electron chi connectivity index (χ2n) is 4.31. The van der Waals surface area contributed by atoms with Crippen LogP contribution in [0.4, 0.5) is 0 Å². The van der Waals surface area contributed by atoms with Crippen molar-refractivity contribution in [2.75, 3.05) is 0 Å². The van der Waals surface area contributed by atoms with Gasteiger partial charge in [-0.05, 0) is 28.8 Å². The lowest BCUT2D eigenvalue weighted by Gasteiger charge is -2.18. The van der Waals surface area contributed by atoms with E-state index in [0.717, 1.165) is 16.7 Å². The van der Waals surface area contributed by atoms with Gasteiger partial charge in [-0.15, -0.1) is 0 Å². The zero-order valence-corrected chi connectivity index (χ0v) is 10.9. The zero-order valence-electron chi connectivity index (χ0n) is 10.1. The average Bonchev–Trinajstić information content (AvgIpc) is 2.44. The third-order valence-corrected chi connectivity index (χ3v) is 3.44. The van der Waals surface area contributed by atoms with Crippen LogP contribution in [0, 0.1) is 0 Å². The minimum atomic E-state index is -0.307. The van der Waals surface area contributed by atoms with Gasteiger partial charge in [0, 0.05) is 5.02 Å². The van der Waals surface area contributed by atoms with Crippen LogP contribution in [-0.2, 0) is 16.1 Å². The maximum Gasteiger partial charge on any atom is 0.339 e. The van der Waals surface area contributed by atoms with E-state index in [2.05, 4.69) is 0 Å². The lowest BCUT2D eigenvalue weighted by atomic mass is 9.96. The van der Waals surface area contributed by atoms with E-state index in [-0.39, 0.29) is 5.97 Å². The van der Waals surface area contributed by atoms with Gasteiger partial charge in [-0.3, -0.25) is 0 Å². The summed E-state index contributed by atoms with van der Waals surface area (Å²) in [7, 11) is 0. The molecule has 0 N–H and O–H groups in total. The van der Waals surface area contributed by atoms with Crippen LogP contribution in [0.5, 0.6) is 0 Å². The zero-order chi connectivity index (χ0) is 13.2. The number of halogens is 1. The molecule has 3 heteroatoms. The highest BCUT2D eigenvalue weighted by Crippen LogP contribution is 2.30. The Hall–Kier alpha value is -2.06. The number of fused-ring (bicyclic) bond motifs is 1. The summed E-state index contributed by atoms with van der Waals surface area (Å²) in [6.07, 6.45) is 1.78. The monoisotopic (exact) mass is 270 g/mol. The van der Waals surface area contributed by atoms with Crippen LogP contribution in [0.2, 0.25) is 5.02 Å². The molecule has 0 radical (unpaired) electrons. The minimum Gasteiger partial charge on any atom is -0.457 e. The highest BCUT2D eigenvalue weighted by atomic mass is 35.5. The highest BCUT2D eigenvalue weighted by Gasteiger charge is 2.22. The van der Waals surface area contributed by atoms with E-state index in [4.69, 9.17) is 16.3 Å². The van der Waals surface area contributed by atoms with Crippen molar-refractivity contribution in [3.05, 3.63) is 70.2 Å². The van der Waals surface area contributed by atoms with Crippen molar-refractivity contribution < 1.29 is 9.53 Å². The molecular formula is C16H11ClO2. The molecule has 1 aliphatic rings. The first-order valence-electron chi connectivity index (χ1n) is 5.97. The number of cyclic esters (lactones) is 1. The average molecular weight is 271 g/mol. The Balaban J connectivity index is 2.14. The van der Waals surface area contributed by atoms with Crippen LogP contribution in [0.15, 0.2) is 48.5 Å². The van der Waals surface area contributed by atoms with Crippen LogP contribution in [0.3, 0.4) is 0 Å². The lowest BCUT2D eigenvalue weighted by Crippen LogP contribution is -2.15. The number of benzene rings is 2. The number of rotatable bonds is 1. The second-order valence-corrected chi connectivity index (χ2v) is 4.72. The molecule has 0 spiro atoms. The fraction of sp³-hybridized carbons (Fsp3) is 0.0625. The smallest absolute Gasteiger partial charge is 0.339 e. The van der Waals surface area contributed by atoms with E-state index in [1.165, 1.54) is 0 Å². The first-order valence-corrected chi connectivity index (χ1v) is 6.35. The molecular weight excluding hydrogens is 260 g/mol. The standard InChI is InChI=1S/C16H11ClO2/c17-15-8-4-2-5-11(15)9-14-13-7-3-1-6-12(13)10-19-16(14)18/h1-9H,10H2/b14-9+. The van der Waals surface area contributed by atoms with Crippen LogP contribution in [-0.4, -0.2) is 5.97 Å². The lowest BCUT2D eigenvalue weighted by molar-refractivity contribution is -0.138. The maximum atomic E-state index is 11.9. The summed E-state index contributed by atoms with van der Waals surface area (Å²) in [6.45, 7) is 0.328. The first-order chi connectivity index (χ1) is 9.25. The predicted molar refractivity (Wildman–Crippen MR) is 75.6 cm³/mol. The molecule has 0 aliphatic carbocycles. The summed E-state index contributed by atoms with van der Waals surface area (Å²) in [5, 5.41) is 0.617. The molecule has 0 saturated carbocycles. The molecule has 1 heterocycles. The molecule has 0 atom stereocenters. The van der Waals surface area contributed by atoms with Gasteiger partial charge in [0.25, 0.3) is 0 Å². The van der Waals surface area contributed by atoms with Gasteiger partial charge < -0.3 is 4.74 Å². The van der Waals surface area contributed by atoms with Crippen molar-refractivity contribution in [3.8, 4) is 0 Å². The molecule has 0 saturated heterocycles. The van der Waals surface area contributed by atoms with E-state index in [9.17, 15) is 4.79 Å². The summed E-state index contributed by atoms with van der Waals surface area (Å²) < 4.78 is 5.18. The van der Waals surface area contributed by atoms with Crippen molar-refractivity contribution >= 4 is 29.2 Å². The highest BCUT2D eigenvalue weighted by molar-refractivity contribution is 6.33. The second kappa shape index (κ2) is 4.90. The van der Waals surface area contributed by atoms with Gasteiger partial charge >= 0.3 is 5.97 Å². The Bertz CT molecular complexity index is 674. The Morgan fingerprint density at radius 3 is 2.63 bits per heavy atom. The SMILES string of the molecule is O=C1OCc2ccccc2/C1=C\c1ccccc1Cl. The predicted octanol–water partition coefficient (Wildman–Crippen LogP) is 3.94. The normalized spacial score (nSPS) is 16.1. The fourth-order valence-electron chi connectivity index (χ4n) is 2.12. The Morgan fingerprint density at radius 1 is 1.05 bits per heavy atom. The van der Waals surface area contributed by atoms with Crippen LogP contribution in [0.25, 0.3) is 11.6 Å². The van der Waals surface area contributed by atoms with Gasteiger partial charge in [0.1, 0.15) is 6.61 Å². The van der Waals surface area contributed by atoms with Gasteiger partial charge in [0.05, 0.1) is 5.57 Å². The number of hydrogen-bond acceptors (Lipinski definition) is 2. The molecule has 2 aromatic carbocycles. The Labute approximate surface area is 116 Å². The third kappa shape index (κ3) is 2.27. The quantitative estimate of drug-likeness (QED) is 0.580. The molecule has 3 rings (SSSR count). The number of esters is 1. The summed E-state index contributed by atoms with van der Waals surface area (Å²) in [5.41, 5.74) is 3.29. The largest absolute Gasteiger partial charge is 0.457 e. The minimum absolute atomic E-state index is 0.307. The molecule has 0 bridgehead atoms. The molecule has 94 valence electrons. The number of carbonyl (C=O) groups excluding carboxylic acids is 1. The molecule has 0 unspecified atom stereocenters. The summed E-state index contributed by atoms with van der Waals surface area (Å²) in [4.78, 5) is 11.9. The van der Waals surface area contributed by atoms with Crippen molar-refractivity contribution in [1.29, 1.82) is 0 Å². The summed E-state index contributed by atoms with van der Waals surface area (Å²) in [5.74, 6) is -0.307. The maximum absolute atomic E-state index is 11.9. The molecule has 0 aromatic heterocycles. The van der Waals surface area contributed by atoms with E-state index in [1.807, 2.05) is 42.5 Å². The Kier molecular flexibility index (Phi) is 3.10. The summed E-state index contributed by atoms with van der Waals surface area (Å²) in [6, 6.07) is 15.2. The fourth-order valence-corrected chi connectivity index (χ4v) is 2.31. The topological polar surface area (TPSA) is 26.3 Å². The molecule has 1 aliphatic heterocycles. The Morgan fingerprint density at radius 2 is 1.79 bits per heavy atom. The number of hydrogen-bond donors (Lipinski definition) is 0. The third-order valence-electron chi connectivity index (χ3n) is 3.09. The molecule has 0 fully saturated rings. The molecule has 19 heavy (non-hydrogen) atoms. The van der Waals surface area contributed by atoms with Crippen LogP contribution in [0.1, 0.15) is 16.7 Å². The molecule has 2 nitrogen and oxygen atoms in total. The van der Waals surface area contributed by atoms with E-state index >= 15 is 0 Å². The molecule has 2 aromatic rings. The van der Waals surface area contributed by atoms with Crippen molar-refractivity contribution in [1.82, 2.24) is 0 Å². The van der Waals surface area contributed by atoms with Gasteiger partial charge in [-0.2, -0.15) is 0 Å². The van der Waals surface area contributed by atoms with Crippen molar-refractivity contribution in [2.24, 2.45) is 0 Å². The van der Waals surface area contributed by atoms with Gasteiger partial charge in [-0.25, -0.2) is 4.79 Å². The number of carbonyl (C=O) groups is 1. The number of ether oxygens (including phenoxy) is 1. The van der Waals surface area contributed by atoms with Gasteiger partial charge in [0.2, 0.25) is 0 Å². The van der Waals surface area contributed by atoms with Gasteiger partial charge in [-0.1, -0.05) is 54.1 Å². The van der Waals surface area contributed by atoms with E-state index in [1.54, 1.807) is 12.1 Å². The van der Waals surface area contributed by atoms with Crippen molar-refractivity contribution in [3.63, 3.8) is 0 Å². The van der Waals surface area contributed by atoms with Crippen LogP contribution < -0.4 is 0 Å². The van der Waals surface area contributed by atoms with Crippen molar-refractivity contribution in [2.45, 2.75) is 6.61 Å².